The smallest absolute Gasteiger partial charge is 0.297 e. The molecule has 9 heteroatoms. The number of benzene rings is 2. The topological polar surface area (TPSA) is 76.3 Å². The Morgan fingerprint density at radius 2 is 2.04 bits per heavy atom. The molecule has 138 valence electrons. The molecule has 28 heavy (non-hydrogen) atoms. The van der Waals surface area contributed by atoms with Crippen LogP contribution in [0.15, 0.2) is 57.2 Å². The zero-order valence-corrected chi connectivity index (χ0v) is 15.5. The van der Waals surface area contributed by atoms with Gasteiger partial charge in [0.25, 0.3) is 5.91 Å². The monoisotopic (exact) mass is 413 g/mol. The van der Waals surface area contributed by atoms with E-state index in [0.29, 0.717) is 10.6 Å². The summed E-state index contributed by atoms with van der Waals surface area (Å²) in [6.45, 7) is 0. The van der Waals surface area contributed by atoms with Crippen molar-refractivity contribution >= 4 is 44.9 Å². The summed E-state index contributed by atoms with van der Waals surface area (Å²) in [4.78, 5) is 27.7. The summed E-state index contributed by atoms with van der Waals surface area (Å²) in [6, 6.07) is 9.45. The number of hydrogen-bond acceptors (Lipinski definition) is 6. The molecule has 0 aliphatic carbocycles. The Morgan fingerprint density at radius 3 is 2.79 bits per heavy atom. The van der Waals surface area contributed by atoms with Gasteiger partial charge in [0.15, 0.2) is 5.43 Å². The summed E-state index contributed by atoms with van der Waals surface area (Å²) in [5.74, 6) is -1.11. The molecule has 1 atom stereocenters. The first kappa shape index (κ1) is 17.0. The van der Waals surface area contributed by atoms with Gasteiger partial charge in [-0.25, -0.2) is 4.39 Å². The van der Waals surface area contributed by atoms with E-state index >= 15 is 0 Å². The van der Waals surface area contributed by atoms with Gasteiger partial charge in [-0.15, -0.1) is 10.2 Å². The lowest BCUT2D eigenvalue weighted by Gasteiger charge is -2.22. The van der Waals surface area contributed by atoms with E-state index in [1.165, 1.54) is 40.7 Å². The van der Waals surface area contributed by atoms with E-state index in [2.05, 4.69) is 10.2 Å². The van der Waals surface area contributed by atoms with Gasteiger partial charge in [0.05, 0.1) is 17.0 Å². The van der Waals surface area contributed by atoms with Gasteiger partial charge in [-0.3, -0.25) is 14.5 Å². The van der Waals surface area contributed by atoms with Crippen LogP contribution < -0.4 is 10.3 Å². The highest BCUT2D eigenvalue weighted by atomic mass is 35.5. The fourth-order valence-corrected chi connectivity index (χ4v) is 4.16. The van der Waals surface area contributed by atoms with Crippen molar-refractivity contribution in [1.82, 2.24) is 10.2 Å². The largest absolute Gasteiger partial charge is 0.450 e. The summed E-state index contributed by atoms with van der Waals surface area (Å²) in [5, 5.41) is 8.63. The molecule has 0 radical (unpaired) electrons. The predicted molar refractivity (Wildman–Crippen MR) is 102 cm³/mol. The van der Waals surface area contributed by atoms with Gasteiger partial charge >= 0.3 is 0 Å². The molecule has 4 aromatic rings. The first-order chi connectivity index (χ1) is 13.5. The van der Waals surface area contributed by atoms with Crippen molar-refractivity contribution in [2.45, 2.75) is 6.04 Å². The van der Waals surface area contributed by atoms with Crippen molar-refractivity contribution in [3.05, 3.63) is 85.9 Å². The third-order valence-corrected chi connectivity index (χ3v) is 5.48. The van der Waals surface area contributed by atoms with Gasteiger partial charge in [-0.05, 0) is 35.9 Å². The second-order valence-electron chi connectivity index (χ2n) is 6.17. The van der Waals surface area contributed by atoms with Crippen LogP contribution in [0.25, 0.3) is 11.0 Å². The molecule has 2 aromatic heterocycles. The number of nitrogens with zero attached hydrogens (tertiary/aromatic N) is 3. The number of amides is 1. The lowest BCUT2D eigenvalue weighted by molar-refractivity contribution is 0.0970. The Bertz CT molecular complexity index is 1310. The highest BCUT2D eigenvalue weighted by Crippen LogP contribution is 2.41. The minimum absolute atomic E-state index is 0.0933. The summed E-state index contributed by atoms with van der Waals surface area (Å²) < 4.78 is 19.7. The van der Waals surface area contributed by atoms with Gasteiger partial charge < -0.3 is 4.42 Å². The molecular formula is C19H9ClFN3O3S. The summed E-state index contributed by atoms with van der Waals surface area (Å²) in [7, 11) is 0. The Hall–Kier alpha value is -3.10. The zero-order valence-electron chi connectivity index (χ0n) is 13.9. The standard InChI is InChI=1S/C19H9ClFN3O3S/c20-10-4-5-13-12(7-10)16(25)14-15(9-2-1-3-11(21)6-9)24(18(26)17(14)27-13)19-23-22-8-28-19/h1-8,15H/t15-/m0/s1. The maximum absolute atomic E-state index is 13.9. The second-order valence-corrected chi connectivity index (χ2v) is 7.42. The third kappa shape index (κ3) is 2.45. The zero-order chi connectivity index (χ0) is 19.4. The van der Waals surface area contributed by atoms with Crippen LogP contribution in [0.3, 0.4) is 0 Å². The minimum Gasteiger partial charge on any atom is -0.450 e. The molecule has 0 spiro atoms. The van der Waals surface area contributed by atoms with Crippen molar-refractivity contribution in [2.75, 3.05) is 4.90 Å². The fraction of sp³-hybridized carbons (Fsp3) is 0.0526. The van der Waals surface area contributed by atoms with Crippen LogP contribution in [0.5, 0.6) is 0 Å². The van der Waals surface area contributed by atoms with Crippen LogP contribution in [-0.4, -0.2) is 16.1 Å². The van der Waals surface area contributed by atoms with Crippen molar-refractivity contribution in [2.24, 2.45) is 0 Å². The fourth-order valence-electron chi connectivity index (χ4n) is 3.41. The molecule has 3 heterocycles. The van der Waals surface area contributed by atoms with E-state index in [9.17, 15) is 14.0 Å². The van der Waals surface area contributed by atoms with Gasteiger partial charge in [-0.1, -0.05) is 35.1 Å². The molecule has 0 bridgehead atoms. The number of carbonyl (C=O) groups excluding carboxylic acids is 1. The van der Waals surface area contributed by atoms with Crippen molar-refractivity contribution in [3.8, 4) is 0 Å². The number of rotatable bonds is 2. The lowest BCUT2D eigenvalue weighted by atomic mass is 9.98. The quantitative estimate of drug-likeness (QED) is 0.492. The molecule has 1 aliphatic heterocycles. The average molecular weight is 414 g/mol. The molecule has 1 aliphatic rings. The van der Waals surface area contributed by atoms with Crippen LogP contribution in [0.2, 0.25) is 5.02 Å². The molecular weight excluding hydrogens is 405 g/mol. The van der Waals surface area contributed by atoms with Crippen LogP contribution in [0, 0.1) is 5.82 Å². The van der Waals surface area contributed by atoms with E-state index < -0.39 is 23.2 Å². The van der Waals surface area contributed by atoms with E-state index in [-0.39, 0.29) is 27.4 Å². The van der Waals surface area contributed by atoms with E-state index in [0.717, 1.165) is 11.3 Å². The number of aromatic nitrogens is 2. The second kappa shape index (κ2) is 6.22. The molecule has 0 N–H and O–H groups in total. The summed E-state index contributed by atoms with van der Waals surface area (Å²) in [5.41, 5.74) is 1.88. The van der Waals surface area contributed by atoms with Gasteiger partial charge in [0.2, 0.25) is 10.9 Å². The molecule has 1 amide bonds. The number of fused-ring (bicyclic) bond motifs is 2. The maximum atomic E-state index is 13.9. The Kier molecular flexibility index (Phi) is 3.78. The van der Waals surface area contributed by atoms with Gasteiger partial charge in [0, 0.05) is 5.02 Å². The van der Waals surface area contributed by atoms with E-state index in [1.54, 1.807) is 12.1 Å². The van der Waals surface area contributed by atoms with Crippen LogP contribution >= 0.6 is 22.9 Å². The Labute approximate surface area is 165 Å². The molecule has 0 fully saturated rings. The Morgan fingerprint density at radius 1 is 1.18 bits per heavy atom. The molecule has 6 nitrogen and oxygen atoms in total. The highest BCUT2D eigenvalue weighted by Gasteiger charge is 2.45. The molecule has 0 saturated carbocycles. The molecule has 0 saturated heterocycles. The van der Waals surface area contributed by atoms with Crippen molar-refractivity contribution in [1.29, 1.82) is 0 Å². The van der Waals surface area contributed by atoms with Gasteiger partial charge in [-0.2, -0.15) is 0 Å². The first-order valence-electron chi connectivity index (χ1n) is 8.16. The average Bonchev–Trinajstić information content (AvgIpc) is 3.29. The number of anilines is 1. The molecule has 5 rings (SSSR count). The first-order valence-corrected chi connectivity index (χ1v) is 9.42. The highest BCUT2D eigenvalue weighted by molar-refractivity contribution is 7.13. The Balaban J connectivity index is 1.85. The SMILES string of the molecule is O=C1c2oc3ccc(Cl)cc3c(=O)c2[C@H](c2cccc(F)c2)N1c1nncs1. The van der Waals surface area contributed by atoms with Crippen molar-refractivity contribution in [3.63, 3.8) is 0 Å². The van der Waals surface area contributed by atoms with Crippen LogP contribution in [0.1, 0.15) is 27.7 Å². The van der Waals surface area contributed by atoms with Crippen LogP contribution in [0.4, 0.5) is 9.52 Å². The lowest BCUT2D eigenvalue weighted by Crippen LogP contribution is -2.29. The van der Waals surface area contributed by atoms with Gasteiger partial charge in [0.1, 0.15) is 16.9 Å². The van der Waals surface area contributed by atoms with Crippen molar-refractivity contribution < 1.29 is 13.6 Å². The van der Waals surface area contributed by atoms with E-state index in [4.69, 9.17) is 16.0 Å². The summed E-state index contributed by atoms with van der Waals surface area (Å²) >= 11 is 7.16. The normalized spacial score (nSPS) is 16.0. The minimum atomic E-state index is -0.884. The number of carbonyl (C=O) groups is 1. The predicted octanol–water partition coefficient (Wildman–Crippen LogP) is 4.19. The maximum Gasteiger partial charge on any atom is 0.297 e. The van der Waals surface area contributed by atoms with E-state index in [1.807, 2.05) is 0 Å². The summed E-state index contributed by atoms with van der Waals surface area (Å²) in [6.07, 6.45) is 0. The number of hydrogen-bond donors (Lipinski definition) is 0. The third-order valence-electron chi connectivity index (χ3n) is 4.55. The number of halogens is 2. The van der Waals surface area contributed by atoms with Crippen LogP contribution in [-0.2, 0) is 0 Å². The molecule has 2 aromatic carbocycles. The molecule has 0 unspecified atom stereocenters.